The minimum absolute atomic E-state index is 0.00216. The molecule has 4 rings (SSSR count). The van der Waals surface area contributed by atoms with Crippen LogP contribution >= 0.6 is 0 Å². The monoisotopic (exact) mass is 423 g/mol. The summed E-state index contributed by atoms with van der Waals surface area (Å²) in [6.45, 7) is 8.42. The molecule has 31 heavy (non-hydrogen) atoms. The van der Waals surface area contributed by atoms with Gasteiger partial charge >= 0.3 is 0 Å². The number of rotatable bonds is 6. The molecular formula is C24H33N5O2. The van der Waals surface area contributed by atoms with E-state index in [0.717, 1.165) is 86.6 Å². The van der Waals surface area contributed by atoms with Crippen LogP contribution in [0.15, 0.2) is 24.5 Å². The number of piperidine rings is 1. The van der Waals surface area contributed by atoms with Gasteiger partial charge in [0.25, 0.3) is 0 Å². The molecule has 7 nitrogen and oxygen atoms in total. The molecule has 2 aliphatic rings. The lowest BCUT2D eigenvalue weighted by Crippen LogP contribution is -2.37. The average Bonchev–Trinajstić information content (AvgIpc) is 2.81. The predicted molar refractivity (Wildman–Crippen MR) is 123 cm³/mol. The molecule has 0 aliphatic carbocycles. The zero-order chi connectivity index (χ0) is 21.6. The molecule has 1 amide bonds. The molecule has 7 heteroatoms. The summed E-state index contributed by atoms with van der Waals surface area (Å²) in [6.07, 6.45) is 7.86. The number of pyridine rings is 2. The number of hydrogen-bond acceptors (Lipinski definition) is 6. The van der Waals surface area contributed by atoms with Crippen molar-refractivity contribution in [2.24, 2.45) is 11.8 Å². The molecule has 0 aromatic carbocycles. The van der Waals surface area contributed by atoms with Crippen LogP contribution in [0.25, 0.3) is 11.1 Å². The van der Waals surface area contributed by atoms with Gasteiger partial charge in [0, 0.05) is 44.3 Å². The quantitative estimate of drug-likeness (QED) is 0.659. The normalized spacial score (nSPS) is 19.7. The fourth-order valence-corrected chi connectivity index (χ4v) is 4.27. The smallest absolute Gasteiger partial charge is 0.229 e. The number of hydrogen-bond donors (Lipinski definition) is 3. The molecule has 1 atom stereocenters. The highest BCUT2D eigenvalue weighted by atomic mass is 16.5. The summed E-state index contributed by atoms with van der Waals surface area (Å²) in [5, 5.41) is 9.89. The molecule has 2 aromatic rings. The second kappa shape index (κ2) is 10.2. The van der Waals surface area contributed by atoms with Gasteiger partial charge in [0.2, 0.25) is 5.91 Å². The van der Waals surface area contributed by atoms with Gasteiger partial charge in [0.15, 0.2) is 0 Å². The van der Waals surface area contributed by atoms with Gasteiger partial charge in [-0.3, -0.25) is 9.78 Å². The topological polar surface area (TPSA) is 88.2 Å². The summed E-state index contributed by atoms with van der Waals surface area (Å²) in [5.41, 5.74) is 5.15. The number of aryl methyl sites for hydroxylation is 2. The van der Waals surface area contributed by atoms with Crippen LogP contribution in [-0.2, 0) is 9.53 Å². The average molecular weight is 424 g/mol. The largest absolute Gasteiger partial charge is 0.383 e. The van der Waals surface area contributed by atoms with E-state index in [1.807, 2.05) is 32.3 Å². The Morgan fingerprint density at radius 3 is 2.77 bits per heavy atom. The Morgan fingerprint density at radius 1 is 1.16 bits per heavy atom. The molecule has 2 aliphatic heterocycles. The van der Waals surface area contributed by atoms with E-state index in [-0.39, 0.29) is 11.8 Å². The zero-order valence-electron chi connectivity index (χ0n) is 18.5. The molecule has 0 saturated carbocycles. The Kier molecular flexibility index (Phi) is 7.14. The van der Waals surface area contributed by atoms with E-state index >= 15 is 0 Å². The Labute approximate surface area is 184 Å². The maximum absolute atomic E-state index is 12.6. The zero-order valence-corrected chi connectivity index (χ0v) is 18.5. The molecule has 4 heterocycles. The Hall–Kier alpha value is -2.51. The highest BCUT2D eigenvalue weighted by Gasteiger charge is 2.21. The van der Waals surface area contributed by atoms with Crippen molar-refractivity contribution < 1.29 is 9.53 Å². The van der Waals surface area contributed by atoms with Crippen molar-refractivity contribution >= 4 is 17.4 Å². The molecule has 0 bridgehead atoms. The van der Waals surface area contributed by atoms with Gasteiger partial charge in [-0.05, 0) is 75.3 Å². The van der Waals surface area contributed by atoms with Gasteiger partial charge in [-0.15, -0.1) is 0 Å². The van der Waals surface area contributed by atoms with E-state index in [1.165, 1.54) is 0 Å². The molecular weight excluding hydrogens is 390 g/mol. The van der Waals surface area contributed by atoms with Crippen molar-refractivity contribution in [1.82, 2.24) is 15.3 Å². The van der Waals surface area contributed by atoms with Crippen LogP contribution in [0.2, 0.25) is 0 Å². The fraction of sp³-hybridized carbons (Fsp3) is 0.542. The molecule has 1 unspecified atom stereocenters. The van der Waals surface area contributed by atoms with Crippen molar-refractivity contribution in [2.75, 3.05) is 43.5 Å². The number of amides is 1. The lowest BCUT2D eigenvalue weighted by Gasteiger charge is -2.23. The van der Waals surface area contributed by atoms with Crippen molar-refractivity contribution in [3.8, 4) is 11.1 Å². The third-order valence-corrected chi connectivity index (χ3v) is 6.34. The lowest BCUT2D eigenvalue weighted by atomic mass is 9.98. The molecule has 2 saturated heterocycles. The number of nitrogens with zero attached hydrogens (tertiary/aromatic N) is 2. The van der Waals surface area contributed by atoms with Crippen LogP contribution in [0.1, 0.15) is 36.9 Å². The third kappa shape index (κ3) is 5.60. The van der Waals surface area contributed by atoms with E-state index in [4.69, 9.17) is 4.74 Å². The van der Waals surface area contributed by atoms with Crippen molar-refractivity contribution in [3.05, 3.63) is 35.8 Å². The van der Waals surface area contributed by atoms with Gasteiger partial charge in [0.05, 0.1) is 17.3 Å². The summed E-state index contributed by atoms with van der Waals surface area (Å²) in [5.74, 6) is 1.27. The maximum atomic E-state index is 12.6. The number of carbonyl (C=O) groups is 1. The molecule has 166 valence electrons. The van der Waals surface area contributed by atoms with Crippen LogP contribution in [0.5, 0.6) is 0 Å². The standard InChI is InChI=1S/C24H33N5O2/c1-16-12-28-23(29-24(30)19-4-3-7-25-14-19)11-21(16)20-10-22(17(2)26-15-20)27-13-18-5-8-31-9-6-18/h10-12,15,18-19,25,27H,3-9,13-14H2,1-2H3,(H,28,29,30). The van der Waals surface area contributed by atoms with Crippen molar-refractivity contribution in [1.29, 1.82) is 0 Å². The lowest BCUT2D eigenvalue weighted by molar-refractivity contribution is -0.120. The van der Waals surface area contributed by atoms with Crippen LogP contribution in [0.4, 0.5) is 11.5 Å². The molecule has 0 spiro atoms. The molecule has 0 radical (unpaired) electrons. The highest BCUT2D eigenvalue weighted by molar-refractivity contribution is 5.92. The minimum Gasteiger partial charge on any atom is -0.383 e. The minimum atomic E-state index is 0.00216. The van der Waals surface area contributed by atoms with Crippen molar-refractivity contribution in [2.45, 2.75) is 39.5 Å². The Balaban J connectivity index is 1.48. The third-order valence-electron chi connectivity index (χ3n) is 6.34. The van der Waals surface area contributed by atoms with Gasteiger partial charge in [0.1, 0.15) is 5.82 Å². The number of carbonyl (C=O) groups excluding carboxylic acids is 1. The predicted octanol–water partition coefficient (Wildman–Crippen LogP) is 3.54. The van der Waals surface area contributed by atoms with Gasteiger partial charge in [-0.1, -0.05) is 0 Å². The first-order chi connectivity index (χ1) is 15.1. The second-order valence-electron chi connectivity index (χ2n) is 8.71. The SMILES string of the molecule is Cc1cnc(NC(=O)C2CCCNC2)cc1-c1cnc(C)c(NCC2CCOCC2)c1. The van der Waals surface area contributed by atoms with Crippen LogP contribution in [0.3, 0.4) is 0 Å². The number of anilines is 2. The Morgan fingerprint density at radius 2 is 2.00 bits per heavy atom. The molecule has 2 fully saturated rings. The number of aromatic nitrogens is 2. The summed E-state index contributed by atoms with van der Waals surface area (Å²) in [7, 11) is 0. The summed E-state index contributed by atoms with van der Waals surface area (Å²) in [4.78, 5) is 21.7. The Bertz CT molecular complexity index is 905. The van der Waals surface area contributed by atoms with E-state index in [2.05, 4.69) is 32.0 Å². The number of ether oxygens (including phenoxy) is 1. The van der Waals surface area contributed by atoms with Crippen LogP contribution in [-0.4, -0.2) is 48.7 Å². The van der Waals surface area contributed by atoms with Gasteiger partial charge in [-0.2, -0.15) is 0 Å². The highest BCUT2D eigenvalue weighted by Crippen LogP contribution is 2.29. The summed E-state index contributed by atoms with van der Waals surface area (Å²) < 4.78 is 5.46. The van der Waals surface area contributed by atoms with Gasteiger partial charge in [-0.25, -0.2) is 4.98 Å². The fourth-order valence-electron chi connectivity index (χ4n) is 4.27. The first-order valence-corrected chi connectivity index (χ1v) is 11.4. The second-order valence-corrected chi connectivity index (χ2v) is 8.71. The van der Waals surface area contributed by atoms with E-state index in [9.17, 15) is 4.79 Å². The summed E-state index contributed by atoms with van der Waals surface area (Å²) >= 11 is 0. The summed E-state index contributed by atoms with van der Waals surface area (Å²) in [6, 6.07) is 4.11. The van der Waals surface area contributed by atoms with E-state index in [1.54, 1.807) is 0 Å². The van der Waals surface area contributed by atoms with Crippen LogP contribution < -0.4 is 16.0 Å². The van der Waals surface area contributed by atoms with E-state index in [0.29, 0.717) is 11.7 Å². The van der Waals surface area contributed by atoms with Gasteiger partial charge < -0.3 is 20.7 Å². The van der Waals surface area contributed by atoms with E-state index < -0.39 is 0 Å². The number of nitrogens with one attached hydrogen (secondary N) is 3. The molecule has 3 N–H and O–H groups in total. The first kappa shape index (κ1) is 21.7. The maximum Gasteiger partial charge on any atom is 0.229 e. The first-order valence-electron chi connectivity index (χ1n) is 11.4. The molecule has 2 aromatic heterocycles. The van der Waals surface area contributed by atoms with Crippen LogP contribution in [0, 0.1) is 25.7 Å². The van der Waals surface area contributed by atoms with Crippen molar-refractivity contribution in [3.63, 3.8) is 0 Å².